The molecule has 0 radical (unpaired) electrons. The number of carbonyl (C=O) groups excluding carboxylic acids is 2. The number of rotatable bonds is 7. The number of ether oxygens (including phenoxy) is 1. The van der Waals surface area contributed by atoms with Gasteiger partial charge >= 0.3 is 0 Å². The van der Waals surface area contributed by atoms with Crippen LogP contribution < -0.4 is 15.4 Å². The number of amides is 2. The third-order valence-electron chi connectivity index (χ3n) is 4.53. The average molecular weight is 370 g/mol. The molecule has 7 nitrogen and oxygen atoms in total. The smallest absolute Gasteiger partial charge is 0.271 e. The van der Waals surface area contributed by atoms with E-state index in [0.717, 1.165) is 17.0 Å². The Morgan fingerprint density at radius 1 is 1.30 bits per heavy atom. The highest BCUT2D eigenvalue weighted by atomic mass is 16.5. The molecule has 0 fully saturated rings. The predicted octanol–water partition coefficient (Wildman–Crippen LogP) is 1.70. The Kier molecular flexibility index (Phi) is 5.78. The predicted molar refractivity (Wildman–Crippen MR) is 102 cm³/mol. The zero-order valence-corrected chi connectivity index (χ0v) is 16.0. The zero-order chi connectivity index (χ0) is 19.4. The van der Waals surface area contributed by atoms with Crippen LogP contribution in [0, 0.1) is 0 Å². The van der Waals surface area contributed by atoms with Gasteiger partial charge in [0.2, 0.25) is 5.91 Å². The summed E-state index contributed by atoms with van der Waals surface area (Å²) in [6, 6.07) is 9.65. The van der Waals surface area contributed by atoms with Gasteiger partial charge in [0, 0.05) is 24.6 Å². The van der Waals surface area contributed by atoms with E-state index < -0.39 is 0 Å². The van der Waals surface area contributed by atoms with Crippen molar-refractivity contribution < 1.29 is 14.3 Å². The maximum Gasteiger partial charge on any atom is 0.271 e. The molecule has 0 bridgehead atoms. The molecule has 144 valence electrons. The number of methoxy groups -OCH3 is 1. The number of aryl methyl sites for hydroxylation is 1. The highest BCUT2D eigenvalue weighted by molar-refractivity contribution is 5.92. The van der Waals surface area contributed by atoms with Gasteiger partial charge in [0.1, 0.15) is 11.4 Å². The second-order valence-electron chi connectivity index (χ2n) is 7.15. The summed E-state index contributed by atoms with van der Waals surface area (Å²) in [5.41, 5.74) is 2.51. The van der Waals surface area contributed by atoms with Crippen molar-refractivity contribution in [2.45, 2.75) is 51.7 Å². The Balaban J connectivity index is 1.46. The molecule has 3 rings (SSSR count). The molecule has 2 N–H and O–H groups in total. The van der Waals surface area contributed by atoms with Gasteiger partial charge in [-0.25, -0.2) is 0 Å². The fourth-order valence-electron chi connectivity index (χ4n) is 3.20. The van der Waals surface area contributed by atoms with Crippen molar-refractivity contribution in [1.82, 2.24) is 20.4 Å². The van der Waals surface area contributed by atoms with E-state index in [1.165, 1.54) is 0 Å². The summed E-state index contributed by atoms with van der Waals surface area (Å²) in [6.07, 6.45) is 1.82. The molecule has 2 amide bonds. The molecule has 1 aliphatic heterocycles. The van der Waals surface area contributed by atoms with Gasteiger partial charge in [-0.1, -0.05) is 12.1 Å². The first kappa shape index (κ1) is 18.9. The van der Waals surface area contributed by atoms with E-state index in [-0.39, 0.29) is 23.9 Å². The number of fused-ring (bicyclic) bond motifs is 1. The SMILES string of the molecule is COc1ccc(CCC(=O)N[C@H]2Cc3cc(C(=O)NC(C)C)nn3C2)cc1. The van der Waals surface area contributed by atoms with E-state index in [0.29, 0.717) is 31.5 Å². The lowest BCUT2D eigenvalue weighted by atomic mass is 10.1. The Morgan fingerprint density at radius 3 is 2.67 bits per heavy atom. The van der Waals surface area contributed by atoms with Crippen molar-refractivity contribution in [2.24, 2.45) is 0 Å². The minimum absolute atomic E-state index is 0.0260. The van der Waals surface area contributed by atoms with E-state index >= 15 is 0 Å². The van der Waals surface area contributed by atoms with Crippen LogP contribution in [0.15, 0.2) is 30.3 Å². The summed E-state index contributed by atoms with van der Waals surface area (Å²) in [5.74, 6) is 0.677. The molecule has 1 aromatic heterocycles. The Hall–Kier alpha value is -2.83. The van der Waals surface area contributed by atoms with Crippen LogP contribution >= 0.6 is 0 Å². The second-order valence-corrected chi connectivity index (χ2v) is 7.15. The third-order valence-corrected chi connectivity index (χ3v) is 4.53. The lowest BCUT2D eigenvalue weighted by Gasteiger charge is -2.12. The first-order valence-electron chi connectivity index (χ1n) is 9.24. The molecule has 0 saturated carbocycles. The number of hydrogen-bond donors (Lipinski definition) is 2. The van der Waals surface area contributed by atoms with E-state index in [1.54, 1.807) is 13.2 Å². The van der Waals surface area contributed by atoms with Crippen molar-refractivity contribution in [3.8, 4) is 5.75 Å². The lowest BCUT2D eigenvalue weighted by molar-refractivity contribution is -0.121. The van der Waals surface area contributed by atoms with Crippen LogP contribution in [0.5, 0.6) is 5.75 Å². The molecule has 0 saturated heterocycles. The molecular weight excluding hydrogens is 344 g/mol. The normalized spacial score (nSPS) is 15.5. The topological polar surface area (TPSA) is 85.2 Å². The molecule has 1 atom stereocenters. The molecule has 0 spiro atoms. The lowest BCUT2D eigenvalue weighted by Crippen LogP contribution is -2.36. The van der Waals surface area contributed by atoms with Crippen LogP contribution in [0.3, 0.4) is 0 Å². The number of nitrogens with zero attached hydrogens (tertiary/aromatic N) is 2. The number of carbonyl (C=O) groups is 2. The van der Waals surface area contributed by atoms with Gasteiger partial charge in [0.15, 0.2) is 0 Å². The van der Waals surface area contributed by atoms with Crippen molar-refractivity contribution in [1.29, 1.82) is 0 Å². The van der Waals surface area contributed by atoms with Crippen molar-refractivity contribution in [3.63, 3.8) is 0 Å². The maximum atomic E-state index is 12.2. The van der Waals surface area contributed by atoms with E-state index in [9.17, 15) is 9.59 Å². The van der Waals surface area contributed by atoms with Crippen LogP contribution in [-0.2, 0) is 24.2 Å². The van der Waals surface area contributed by atoms with E-state index in [4.69, 9.17) is 4.74 Å². The van der Waals surface area contributed by atoms with Gasteiger partial charge in [-0.2, -0.15) is 5.10 Å². The van der Waals surface area contributed by atoms with Crippen molar-refractivity contribution in [3.05, 3.63) is 47.3 Å². The van der Waals surface area contributed by atoms with E-state index in [2.05, 4.69) is 15.7 Å². The molecular formula is C20H26N4O3. The fourth-order valence-corrected chi connectivity index (χ4v) is 3.20. The fraction of sp³-hybridized carbons (Fsp3) is 0.450. The standard InChI is InChI=1S/C20H26N4O3/c1-13(2)21-20(26)18-11-16-10-15(12-24(16)23-18)22-19(25)9-6-14-4-7-17(27-3)8-5-14/h4-5,7-8,11,13,15H,6,9-10,12H2,1-3H3,(H,21,26)(H,22,25)/t15-/m0/s1. The van der Waals surface area contributed by atoms with Crippen molar-refractivity contribution >= 4 is 11.8 Å². The summed E-state index contributed by atoms with van der Waals surface area (Å²) in [5, 5.41) is 10.3. The summed E-state index contributed by atoms with van der Waals surface area (Å²) >= 11 is 0. The first-order chi connectivity index (χ1) is 12.9. The number of aromatic nitrogens is 2. The number of nitrogens with one attached hydrogen (secondary N) is 2. The molecule has 2 heterocycles. The zero-order valence-electron chi connectivity index (χ0n) is 16.0. The summed E-state index contributed by atoms with van der Waals surface area (Å²) in [7, 11) is 1.63. The quantitative estimate of drug-likeness (QED) is 0.777. The third kappa shape index (κ3) is 4.87. The summed E-state index contributed by atoms with van der Waals surface area (Å²) < 4.78 is 6.95. The molecule has 1 aromatic carbocycles. The van der Waals surface area contributed by atoms with E-state index in [1.807, 2.05) is 42.8 Å². The Morgan fingerprint density at radius 2 is 2.04 bits per heavy atom. The second kappa shape index (κ2) is 8.24. The van der Waals surface area contributed by atoms with Crippen LogP contribution in [0.1, 0.15) is 42.0 Å². The van der Waals surface area contributed by atoms with Gasteiger partial charge in [0.25, 0.3) is 5.91 Å². The Labute approximate surface area is 159 Å². The molecule has 1 aliphatic rings. The largest absolute Gasteiger partial charge is 0.497 e. The van der Waals surface area contributed by atoms with Gasteiger partial charge in [0.05, 0.1) is 19.7 Å². The molecule has 0 aliphatic carbocycles. The molecule has 7 heteroatoms. The van der Waals surface area contributed by atoms with Gasteiger partial charge in [-0.05, 0) is 44.0 Å². The van der Waals surface area contributed by atoms with Crippen LogP contribution in [0.2, 0.25) is 0 Å². The van der Waals surface area contributed by atoms with Gasteiger partial charge < -0.3 is 15.4 Å². The maximum absolute atomic E-state index is 12.2. The minimum Gasteiger partial charge on any atom is -0.497 e. The van der Waals surface area contributed by atoms with Crippen molar-refractivity contribution in [2.75, 3.05) is 7.11 Å². The molecule has 0 unspecified atom stereocenters. The minimum atomic E-state index is -0.160. The average Bonchev–Trinajstić information content (AvgIpc) is 3.18. The van der Waals surface area contributed by atoms with Crippen LogP contribution in [0.4, 0.5) is 0 Å². The Bertz CT molecular complexity index is 788. The van der Waals surface area contributed by atoms with Gasteiger partial charge in [-0.15, -0.1) is 0 Å². The number of hydrogen-bond acceptors (Lipinski definition) is 4. The molecule has 27 heavy (non-hydrogen) atoms. The first-order valence-corrected chi connectivity index (χ1v) is 9.24. The van der Waals surface area contributed by atoms with Crippen LogP contribution in [0.25, 0.3) is 0 Å². The summed E-state index contributed by atoms with van der Waals surface area (Å²) in [6.45, 7) is 4.43. The summed E-state index contributed by atoms with van der Waals surface area (Å²) in [4.78, 5) is 24.3. The highest BCUT2D eigenvalue weighted by Crippen LogP contribution is 2.17. The monoisotopic (exact) mass is 370 g/mol. The number of benzene rings is 1. The highest BCUT2D eigenvalue weighted by Gasteiger charge is 2.26. The molecule has 2 aromatic rings. The van der Waals surface area contributed by atoms with Gasteiger partial charge in [-0.3, -0.25) is 14.3 Å². The van der Waals surface area contributed by atoms with Crippen LogP contribution in [-0.4, -0.2) is 40.8 Å².